The lowest BCUT2D eigenvalue weighted by Gasteiger charge is -2.32. The second-order valence-electron chi connectivity index (χ2n) is 8.38. The SMILES string of the molecule is C=CCCC(C)O[C@@H](C)[C@H](NC(=O)OC(C)(C)C)C(=O)N1C[C@H](O)C[C@H]1C(=O)O. The van der Waals surface area contributed by atoms with Gasteiger partial charge in [0.25, 0.3) is 0 Å². The number of nitrogens with zero attached hydrogens (tertiary/aromatic N) is 1. The fourth-order valence-corrected chi connectivity index (χ4v) is 3.15. The molecule has 0 aromatic heterocycles. The van der Waals surface area contributed by atoms with Crippen LogP contribution in [0.25, 0.3) is 0 Å². The van der Waals surface area contributed by atoms with Gasteiger partial charge in [0.15, 0.2) is 0 Å². The van der Waals surface area contributed by atoms with Gasteiger partial charge in [-0.25, -0.2) is 9.59 Å². The predicted octanol–water partition coefficient (Wildman–Crippen LogP) is 1.69. The fraction of sp³-hybridized carbons (Fsp3) is 0.750. The molecule has 0 bridgehead atoms. The standard InChI is InChI=1S/C20H34N2O7/c1-7-8-9-12(2)28-13(3)16(21-19(27)29-20(4,5)6)17(24)22-11-14(23)10-15(22)18(25)26/h7,12-16,23H,1,8-11H2,2-6H3,(H,21,27)(H,25,26)/t12?,13-,14+,15-,16-/m0/s1. The molecular formula is C20H34N2O7. The molecule has 9 heteroatoms. The van der Waals surface area contributed by atoms with Crippen LogP contribution in [0.2, 0.25) is 0 Å². The molecule has 0 aromatic carbocycles. The minimum Gasteiger partial charge on any atom is -0.480 e. The summed E-state index contributed by atoms with van der Waals surface area (Å²) in [5.74, 6) is -1.85. The summed E-state index contributed by atoms with van der Waals surface area (Å²) in [6.07, 6.45) is 0.398. The zero-order valence-electron chi connectivity index (χ0n) is 17.9. The van der Waals surface area contributed by atoms with Crippen molar-refractivity contribution in [3.05, 3.63) is 12.7 Å². The molecular weight excluding hydrogens is 380 g/mol. The van der Waals surface area contributed by atoms with E-state index in [0.717, 1.165) is 11.3 Å². The molecule has 0 aromatic rings. The number of carboxylic acids is 1. The molecule has 0 radical (unpaired) electrons. The highest BCUT2D eigenvalue weighted by molar-refractivity contribution is 5.90. The number of allylic oxidation sites excluding steroid dienone is 1. The van der Waals surface area contributed by atoms with Gasteiger partial charge in [-0.3, -0.25) is 4.79 Å². The molecule has 0 saturated carbocycles. The summed E-state index contributed by atoms with van der Waals surface area (Å²) >= 11 is 0. The van der Waals surface area contributed by atoms with E-state index in [2.05, 4.69) is 11.9 Å². The molecule has 1 fully saturated rings. The van der Waals surface area contributed by atoms with Gasteiger partial charge < -0.3 is 29.9 Å². The molecule has 3 N–H and O–H groups in total. The Balaban J connectivity index is 3.01. The van der Waals surface area contributed by atoms with E-state index in [0.29, 0.717) is 6.42 Å². The summed E-state index contributed by atoms with van der Waals surface area (Å²) < 4.78 is 11.1. The van der Waals surface area contributed by atoms with Gasteiger partial charge in [-0.1, -0.05) is 6.08 Å². The van der Waals surface area contributed by atoms with Crippen molar-refractivity contribution in [1.29, 1.82) is 0 Å². The lowest BCUT2D eigenvalue weighted by atomic mass is 10.1. The number of carbonyl (C=O) groups excluding carboxylic acids is 2. The third kappa shape index (κ3) is 8.02. The van der Waals surface area contributed by atoms with Crippen molar-refractivity contribution in [3.63, 3.8) is 0 Å². The summed E-state index contributed by atoms with van der Waals surface area (Å²) in [7, 11) is 0. The van der Waals surface area contributed by atoms with Gasteiger partial charge in [0.2, 0.25) is 5.91 Å². The first kappa shape index (κ1) is 24.9. The van der Waals surface area contributed by atoms with E-state index < -0.39 is 47.9 Å². The van der Waals surface area contributed by atoms with Crippen LogP contribution in [-0.4, -0.2) is 75.6 Å². The van der Waals surface area contributed by atoms with Crippen molar-refractivity contribution in [1.82, 2.24) is 10.2 Å². The Morgan fingerprint density at radius 1 is 1.31 bits per heavy atom. The first-order valence-corrected chi connectivity index (χ1v) is 9.83. The topological polar surface area (TPSA) is 125 Å². The van der Waals surface area contributed by atoms with Crippen LogP contribution in [0.5, 0.6) is 0 Å². The van der Waals surface area contributed by atoms with Crippen molar-refractivity contribution in [2.24, 2.45) is 0 Å². The van der Waals surface area contributed by atoms with E-state index in [-0.39, 0.29) is 19.1 Å². The quantitative estimate of drug-likeness (QED) is 0.490. The number of alkyl carbamates (subject to hydrolysis) is 1. The number of carboxylic acid groups (broad SMARTS) is 1. The zero-order chi connectivity index (χ0) is 22.4. The van der Waals surface area contributed by atoms with Gasteiger partial charge in [-0.05, 0) is 47.5 Å². The Morgan fingerprint density at radius 3 is 2.45 bits per heavy atom. The minimum absolute atomic E-state index is 0.0643. The third-order valence-electron chi connectivity index (χ3n) is 4.48. The van der Waals surface area contributed by atoms with Crippen LogP contribution < -0.4 is 5.32 Å². The van der Waals surface area contributed by atoms with E-state index in [4.69, 9.17) is 9.47 Å². The summed E-state index contributed by atoms with van der Waals surface area (Å²) in [4.78, 5) is 38.0. The van der Waals surface area contributed by atoms with Crippen LogP contribution in [0.4, 0.5) is 4.79 Å². The number of nitrogens with one attached hydrogen (secondary N) is 1. The van der Waals surface area contributed by atoms with Crippen LogP contribution in [-0.2, 0) is 19.1 Å². The maximum absolute atomic E-state index is 13.1. The van der Waals surface area contributed by atoms with Gasteiger partial charge in [-0.2, -0.15) is 0 Å². The highest BCUT2D eigenvalue weighted by atomic mass is 16.6. The number of β-amino-alcohol motifs (C(OH)–C–C–N with tert-alkyl or cyclic N) is 1. The number of rotatable bonds is 9. The number of hydrogen-bond donors (Lipinski definition) is 3. The number of likely N-dealkylation sites (tertiary alicyclic amines) is 1. The van der Waals surface area contributed by atoms with Crippen molar-refractivity contribution >= 4 is 18.0 Å². The summed E-state index contributed by atoms with van der Waals surface area (Å²) in [6.45, 7) is 12.1. The number of ether oxygens (including phenoxy) is 2. The molecule has 2 amide bonds. The van der Waals surface area contributed by atoms with Crippen LogP contribution in [0, 0.1) is 0 Å². The van der Waals surface area contributed by atoms with E-state index in [9.17, 15) is 24.6 Å². The molecule has 1 saturated heterocycles. The van der Waals surface area contributed by atoms with Gasteiger partial charge in [0, 0.05) is 13.0 Å². The summed E-state index contributed by atoms with van der Waals surface area (Å²) in [6, 6.07) is -2.32. The molecule has 5 atom stereocenters. The molecule has 0 spiro atoms. The fourth-order valence-electron chi connectivity index (χ4n) is 3.15. The number of hydrogen-bond acceptors (Lipinski definition) is 6. The largest absolute Gasteiger partial charge is 0.480 e. The minimum atomic E-state index is -1.21. The molecule has 29 heavy (non-hydrogen) atoms. The highest BCUT2D eigenvalue weighted by Gasteiger charge is 2.43. The van der Waals surface area contributed by atoms with Crippen LogP contribution in [0.3, 0.4) is 0 Å². The van der Waals surface area contributed by atoms with E-state index in [1.807, 2.05) is 6.92 Å². The van der Waals surface area contributed by atoms with Crippen molar-refractivity contribution < 1.29 is 34.1 Å². The smallest absolute Gasteiger partial charge is 0.408 e. The van der Waals surface area contributed by atoms with E-state index >= 15 is 0 Å². The Labute approximate surface area is 172 Å². The molecule has 1 rings (SSSR count). The molecule has 1 aliphatic heterocycles. The van der Waals surface area contributed by atoms with Gasteiger partial charge in [0.1, 0.15) is 17.7 Å². The first-order valence-electron chi connectivity index (χ1n) is 9.83. The Hall–Kier alpha value is -2.13. The Morgan fingerprint density at radius 2 is 1.93 bits per heavy atom. The lowest BCUT2D eigenvalue weighted by molar-refractivity contribution is -0.151. The highest BCUT2D eigenvalue weighted by Crippen LogP contribution is 2.21. The number of amides is 2. The number of aliphatic hydroxyl groups excluding tert-OH is 1. The van der Waals surface area contributed by atoms with Gasteiger partial charge in [-0.15, -0.1) is 6.58 Å². The van der Waals surface area contributed by atoms with E-state index in [1.165, 1.54) is 0 Å². The number of aliphatic carboxylic acids is 1. The lowest BCUT2D eigenvalue weighted by Crippen LogP contribution is -2.57. The summed E-state index contributed by atoms with van der Waals surface area (Å²) in [5.41, 5.74) is -0.771. The second kappa shape index (κ2) is 10.6. The monoisotopic (exact) mass is 414 g/mol. The van der Waals surface area contributed by atoms with Crippen molar-refractivity contribution in [2.75, 3.05) is 6.54 Å². The normalized spacial score (nSPS) is 22.5. The maximum Gasteiger partial charge on any atom is 0.408 e. The van der Waals surface area contributed by atoms with Crippen LogP contribution in [0.15, 0.2) is 12.7 Å². The van der Waals surface area contributed by atoms with Gasteiger partial charge in [0.05, 0.1) is 18.3 Å². The van der Waals surface area contributed by atoms with Crippen molar-refractivity contribution in [3.8, 4) is 0 Å². The average Bonchev–Trinajstić information content (AvgIpc) is 2.97. The van der Waals surface area contributed by atoms with Crippen LogP contribution in [0.1, 0.15) is 53.9 Å². The Bertz CT molecular complexity index is 602. The number of aliphatic hydroxyl groups is 1. The maximum atomic E-state index is 13.1. The predicted molar refractivity (Wildman–Crippen MR) is 106 cm³/mol. The molecule has 0 aliphatic carbocycles. The zero-order valence-corrected chi connectivity index (χ0v) is 17.9. The third-order valence-corrected chi connectivity index (χ3v) is 4.48. The molecule has 1 aliphatic rings. The van der Waals surface area contributed by atoms with E-state index in [1.54, 1.807) is 33.8 Å². The summed E-state index contributed by atoms with van der Waals surface area (Å²) in [5, 5.41) is 21.8. The molecule has 1 heterocycles. The van der Waals surface area contributed by atoms with Crippen LogP contribution >= 0.6 is 0 Å². The average molecular weight is 414 g/mol. The van der Waals surface area contributed by atoms with Gasteiger partial charge >= 0.3 is 12.1 Å². The second-order valence-corrected chi connectivity index (χ2v) is 8.38. The molecule has 1 unspecified atom stereocenters. The molecule has 166 valence electrons. The first-order chi connectivity index (χ1) is 13.4. The Kier molecular flexibility index (Phi) is 9.10. The molecule has 9 nitrogen and oxygen atoms in total. The number of carbonyl (C=O) groups is 3. The van der Waals surface area contributed by atoms with Crippen molar-refractivity contribution in [2.45, 2.75) is 89.9 Å².